The number of nitrogen functional groups attached to an aromatic ring is 1. The highest BCUT2D eigenvalue weighted by Crippen LogP contribution is 2.19. The zero-order valence-electron chi connectivity index (χ0n) is 8.29. The van der Waals surface area contributed by atoms with Crippen molar-refractivity contribution in [3.05, 3.63) is 16.7 Å². The second-order valence-electron chi connectivity index (χ2n) is 2.75. The van der Waals surface area contributed by atoms with Gasteiger partial charge in [-0.3, -0.25) is 4.79 Å². The summed E-state index contributed by atoms with van der Waals surface area (Å²) in [5, 5.41) is 2.79. The number of rotatable bonds is 4. The van der Waals surface area contributed by atoms with Crippen LogP contribution in [-0.4, -0.2) is 24.1 Å². The third kappa shape index (κ3) is 3.75. The molecule has 1 aromatic rings. The molecule has 0 spiro atoms. The Labute approximate surface area is 96.1 Å². The Morgan fingerprint density at radius 3 is 3.07 bits per heavy atom. The molecule has 0 unspecified atom stereocenters. The van der Waals surface area contributed by atoms with Gasteiger partial charge >= 0.3 is 5.97 Å². The summed E-state index contributed by atoms with van der Waals surface area (Å²) in [7, 11) is 0. The number of aromatic nitrogens is 1. The minimum Gasteiger partial charge on any atom is -0.465 e. The lowest BCUT2D eigenvalue weighted by atomic mass is 10.4. The Morgan fingerprint density at radius 1 is 1.73 bits per heavy atom. The number of carbonyl (C=O) groups is 1. The van der Waals surface area contributed by atoms with Crippen molar-refractivity contribution in [2.24, 2.45) is 0 Å². The molecule has 0 aromatic carbocycles. The van der Waals surface area contributed by atoms with E-state index in [2.05, 4.69) is 26.2 Å². The van der Waals surface area contributed by atoms with Crippen LogP contribution in [0.3, 0.4) is 0 Å². The lowest BCUT2D eigenvalue weighted by molar-refractivity contribution is -0.140. The molecule has 1 aromatic heterocycles. The molecule has 0 atom stereocenters. The molecule has 0 aliphatic heterocycles. The van der Waals surface area contributed by atoms with Gasteiger partial charge in [-0.25, -0.2) is 4.98 Å². The molecular weight excluding hydrogens is 262 g/mol. The van der Waals surface area contributed by atoms with Gasteiger partial charge in [-0.1, -0.05) is 0 Å². The molecular formula is C9H12BrN3O2. The van der Waals surface area contributed by atoms with Gasteiger partial charge in [-0.15, -0.1) is 0 Å². The van der Waals surface area contributed by atoms with E-state index in [1.165, 1.54) is 0 Å². The maximum atomic E-state index is 11.0. The Bertz CT molecular complexity index is 357. The average molecular weight is 274 g/mol. The van der Waals surface area contributed by atoms with Gasteiger partial charge in [0, 0.05) is 10.7 Å². The van der Waals surface area contributed by atoms with Crippen molar-refractivity contribution < 1.29 is 9.53 Å². The Kier molecular flexibility index (Phi) is 4.36. The maximum absolute atomic E-state index is 11.0. The summed E-state index contributed by atoms with van der Waals surface area (Å²) in [5.74, 6) is 0.146. The number of halogens is 1. The normalized spacial score (nSPS) is 9.73. The zero-order valence-corrected chi connectivity index (χ0v) is 9.87. The minimum atomic E-state index is -0.332. The Hall–Kier alpha value is -1.30. The molecule has 82 valence electrons. The summed E-state index contributed by atoms with van der Waals surface area (Å²) in [4.78, 5) is 15.1. The van der Waals surface area contributed by atoms with Crippen LogP contribution in [0.1, 0.15) is 6.92 Å². The van der Waals surface area contributed by atoms with Crippen LogP contribution in [0.2, 0.25) is 0 Å². The largest absolute Gasteiger partial charge is 0.465 e. The molecule has 1 heterocycles. The van der Waals surface area contributed by atoms with Gasteiger partial charge in [-0.2, -0.15) is 0 Å². The Balaban J connectivity index is 2.54. The van der Waals surface area contributed by atoms with Crippen molar-refractivity contribution in [1.82, 2.24) is 4.98 Å². The molecule has 0 aliphatic carbocycles. The minimum absolute atomic E-state index is 0.0622. The van der Waals surface area contributed by atoms with Gasteiger partial charge in [-0.05, 0) is 28.9 Å². The van der Waals surface area contributed by atoms with Gasteiger partial charge in [0.05, 0.1) is 12.3 Å². The van der Waals surface area contributed by atoms with Crippen molar-refractivity contribution in [3.63, 3.8) is 0 Å². The summed E-state index contributed by atoms with van der Waals surface area (Å²) in [6, 6.07) is 1.71. The summed E-state index contributed by atoms with van der Waals surface area (Å²) >= 11 is 3.24. The number of hydrogen-bond donors (Lipinski definition) is 2. The fourth-order valence-corrected chi connectivity index (χ4v) is 1.32. The third-order valence-electron chi connectivity index (χ3n) is 1.59. The fraction of sp³-hybridized carbons (Fsp3) is 0.333. The van der Waals surface area contributed by atoms with Gasteiger partial charge in [0.25, 0.3) is 0 Å². The van der Waals surface area contributed by atoms with E-state index in [9.17, 15) is 4.79 Å². The van der Waals surface area contributed by atoms with E-state index in [1.54, 1.807) is 19.2 Å². The van der Waals surface area contributed by atoms with Crippen LogP contribution < -0.4 is 11.1 Å². The van der Waals surface area contributed by atoms with Crippen molar-refractivity contribution in [1.29, 1.82) is 0 Å². The van der Waals surface area contributed by atoms with E-state index in [4.69, 9.17) is 10.5 Å². The third-order valence-corrected chi connectivity index (χ3v) is 2.02. The SMILES string of the molecule is CCOC(=O)CNc1ncc(Br)cc1N. The molecule has 5 nitrogen and oxygen atoms in total. The van der Waals surface area contributed by atoms with Crippen molar-refractivity contribution in [3.8, 4) is 0 Å². The quantitative estimate of drug-likeness (QED) is 0.811. The number of nitrogens with one attached hydrogen (secondary N) is 1. The fourth-order valence-electron chi connectivity index (χ4n) is 0.971. The highest BCUT2D eigenvalue weighted by molar-refractivity contribution is 9.10. The molecule has 0 radical (unpaired) electrons. The summed E-state index contributed by atoms with van der Waals surface area (Å²) in [6.45, 7) is 2.18. The predicted molar refractivity (Wildman–Crippen MR) is 61.5 cm³/mol. The van der Waals surface area contributed by atoms with Crippen LogP contribution in [0, 0.1) is 0 Å². The first-order chi connectivity index (χ1) is 7.13. The number of anilines is 2. The van der Waals surface area contributed by atoms with Crippen LogP contribution in [0.5, 0.6) is 0 Å². The first-order valence-electron chi connectivity index (χ1n) is 4.44. The van der Waals surface area contributed by atoms with Crippen LogP contribution >= 0.6 is 15.9 Å². The van der Waals surface area contributed by atoms with Gasteiger partial charge in [0.15, 0.2) is 0 Å². The molecule has 0 saturated heterocycles. The smallest absolute Gasteiger partial charge is 0.325 e. The van der Waals surface area contributed by atoms with Crippen molar-refractivity contribution in [2.45, 2.75) is 6.92 Å². The van der Waals surface area contributed by atoms with Crippen LogP contribution in [0.4, 0.5) is 11.5 Å². The van der Waals surface area contributed by atoms with E-state index in [1.807, 2.05) is 0 Å². The summed E-state index contributed by atoms with van der Waals surface area (Å²) < 4.78 is 5.54. The number of nitrogens with two attached hydrogens (primary N) is 1. The zero-order chi connectivity index (χ0) is 11.3. The number of nitrogens with zero attached hydrogens (tertiary/aromatic N) is 1. The van der Waals surface area contributed by atoms with Crippen molar-refractivity contribution in [2.75, 3.05) is 24.2 Å². The molecule has 6 heteroatoms. The van der Waals surface area contributed by atoms with E-state index < -0.39 is 0 Å². The number of esters is 1. The summed E-state index contributed by atoms with van der Waals surface area (Å²) in [6.07, 6.45) is 1.60. The van der Waals surface area contributed by atoms with Crippen LogP contribution in [0.15, 0.2) is 16.7 Å². The van der Waals surface area contributed by atoms with Gasteiger partial charge in [0.1, 0.15) is 12.4 Å². The number of ether oxygens (including phenoxy) is 1. The molecule has 0 saturated carbocycles. The molecule has 15 heavy (non-hydrogen) atoms. The first-order valence-corrected chi connectivity index (χ1v) is 5.23. The van der Waals surface area contributed by atoms with Crippen molar-refractivity contribution >= 4 is 33.4 Å². The molecule has 0 amide bonds. The average Bonchev–Trinajstić information content (AvgIpc) is 2.17. The highest BCUT2D eigenvalue weighted by Gasteiger charge is 2.04. The standard InChI is InChI=1S/C9H12BrN3O2/c1-2-15-8(14)5-13-9-7(11)3-6(10)4-12-9/h3-4H,2,5,11H2,1H3,(H,12,13). The molecule has 0 bridgehead atoms. The highest BCUT2D eigenvalue weighted by atomic mass is 79.9. The maximum Gasteiger partial charge on any atom is 0.325 e. The summed E-state index contributed by atoms with van der Waals surface area (Å²) in [5.41, 5.74) is 6.15. The van der Waals surface area contributed by atoms with E-state index in [0.717, 1.165) is 4.47 Å². The van der Waals surface area contributed by atoms with Crippen LogP contribution in [-0.2, 0) is 9.53 Å². The second kappa shape index (κ2) is 5.55. The van der Waals surface area contributed by atoms with Crippen LogP contribution in [0.25, 0.3) is 0 Å². The van der Waals surface area contributed by atoms with Gasteiger partial charge in [0.2, 0.25) is 0 Å². The number of hydrogen-bond acceptors (Lipinski definition) is 5. The van der Waals surface area contributed by atoms with E-state index >= 15 is 0 Å². The Morgan fingerprint density at radius 2 is 2.47 bits per heavy atom. The molecule has 0 fully saturated rings. The van der Waals surface area contributed by atoms with Gasteiger partial charge < -0.3 is 15.8 Å². The van der Waals surface area contributed by atoms with E-state index in [-0.39, 0.29) is 12.5 Å². The lowest BCUT2D eigenvalue weighted by Crippen LogP contribution is -2.18. The predicted octanol–water partition coefficient (Wildman–Crippen LogP) is 1.40. The number of carbonyl (C=O) groups excluding carboxylic acids is 1. The second-order valence-corrected chi connectivity index (χ2v) is 3.67. The topological polar surface area (TPSA) is 77.2 Å². The lowest BCUT2D eigenvalue weighted by Gasteiger charge is -2.07. The van der Waals surface area contributed by atoms with E-state index in [0.29, 0.717) is 18.1 Å². The molecule has 0 aliphatic rings. The monoisotopic (exact) mass is 273 g/mol. The molecule has 1 rings (SSSR count). The first kappa shape index (κ1) is 11.8. The molecule has 3 N–H and O–H groups in total. The number of pyridine rings is 1.